The van der Waals surface area contributed by atoms with Gasteiger partial charge >= 0.3 is 0 Å². The van der Waals surface area contributed by atoms with E-state index in [4.69, 9.17) is 12.2 Å². The standard InChI is InChI=1S/C9H9N3O2S3/c1-10-9(15)16-8-11-6-4-2-3-5-7(6)17(13,14)12-8/h2-5H,1H3,(H,10,15)(H,11,12). The molecule has 17 heavy (non-hydrogen) atoms. The molecule has 1 aliphatic heterocycles. The minimum absolute atomic E-state index is 0.180. The van der Waals surface area contributed by atoms with Gasteiger partial charge in [0.25, 0.3) is 10.0 Å². The Morgan fingerprint density at radius 3 is 2.88 bits per heavy atom. The summed E-state index contributed by atoms with van der Waals surface area (Å²) in [6.45, 7) is 0. The van der Waals surface area contributed by atoms with Crippen molar-refractivity contribution < 1.29 is 8.42 Å². The predicted octanol–water partition coefficient (Wildman–Crippen LogP) is 1.39. The first-order valence-corrected chi connectivity index (χ1v) is 7.30. The van der Waals surface area contributed by atoms with E-state index in [9.17, 15) is 8.42 Å². The van der Waals surface area contributed by atoms with Gasteiger partial charge in [0.2, 0.25) is 0 Å². The van der Waals surface area contributed by atoms with Crippen LogP contribution in [0.4, 0.5) is 5.69 Å². The molecule has 0 unspecified atom stereocenters. The van der Waals surface area contributed by atoms with Crippen molar-refractivity contribution in [1.82, 2.24) is 5.32 Å². The lowest BCUT2D eigenvalue weighted by atomic mass is 10.3. The van der Waals surface area contributed by atoms with E-state index < -0.39 is 10.0 Å². The summed E-state index contributed by atoms with van der Waals surface area (Å²) >= 11 is 6.01. The van der Waals surface area contributed by atoms with Gasteiger partial charge < -0.3 is 10.6 Å². The smallest absolute Gasteiger partial charge is 0.286 e. The molecule has 90 valence electrons. The highest BCUT2D eigenvalue weighted by molar-refractivity contribution is 8.33. The van der Waals surface area contributed by atoms with Crippen LogP contribution >= 0.6 is 24.0 Å². The normalized spacial score (nSPS) is 16.4. The van der Waals surface area contributed by atoms with E-state index >= 15 is 0 Å². The highest BCUT2D eigenvalue weighted by Crippen LogP contribution is 2.28. The van der Waals surface area contributed by atoms with Gasteiger partial charge in [-0.15, -0.1) is 4.40 Å². The van der Waals surface area contributed by atoms with Crippen molar-refractivity contribution in [3.8, 4) is 0 Å². The summed E-state index contributed by atoms with van der Waals surface area (Å²) in [5.41, 5.74) is 0.518. The zero-order valence-corrected chi connectivity index (χ0v) is 11.2. The second kappa shape index (κ2) is 4.63. The first kappa shape index (κ1) is 12.3. The van der Waals surface area contributed by atoms with Crippen molar-refractivity contribution >= 4 is 49.2 Å². The van der Waals surface area contributed by atoms with Gasteiger partial charge in [0, 0.05) is 7.05 Å². The Morgan fingerprint density at radius 1 is 1.47 bits per heavy atom. The fraction of sp³-hybridized carbons (Fsp3) is 0.111. The van der Waals surface area contributed by atoms with Crippen LogP contribution in [-0.4, -0.2) is 25.0 Å². The summed E-state index contributed by atoms with van der Waals surface area (Å²) < 4.78 is 27.8. The Labute approximate surface area is 109 Å². The molecular formula is C9H9N3O2S3. The number of sulfonamides is 1. The van der Waals surface area contributed by atoms with Crippen LogP contribution in [0.3, 0.4) is 0 Å². The number of nitrogens with one attached hydrogen (secondary N) is 2. The number of rotatable bonds is 0. The van der Waals surface area contributed by atoms with E-state index in [1.807, 2.05) is 0 Å². The van der Waals surface area contributed by atoms with Crippen molar-refractivity contribution in [2.75, 3.05) is 12.4 Å². The molecule has 0 fully saturated rings. The highest BCUT2D eigenvalue weighted by Gasteiger charge is 2.24. The first-order valence-electron chi connectivity index (χ1n) is 4.63. The molecule has 1 aliphatic rings. The third kappa shape index (κ3) is 2.59. The topological polar surface area (TPSA) is 70.6 Å². The molecular weight excluding hydrogens is 278 g/mol. The van der Waals surface area contributed by atoms with Gasteiger partial charge in [-0.3, -0.25) is 0 Å². The van der Waals surface area contributed by atoms with E-state index in [1.54, 1.807) is 25.2 Å². The predicted molar refractivity (Wildman–Crippen MR) is 73.9 cm³/mol. The van der Waals surface area contributed by atoms with Gasteiger partial charge in [0.1, 0.15) is 9.22 Å². The number of nitrogens with zero attached hydrogens (tertiary/aromatic N) is 1. The molecule has 0 amide bonds. The SMILES string of the molecule is CNC(=S)SC1=NS(=O)(=O)c2ccccc2N1. The van der Waals surface area contributed by atoms with Gasteiger partial charge in [-0.05, 0) is 23.9 Å². The van der Waals surface area contributed by atoms with Crippen molar-refractivity contribution in [2.45, 2.75) is 4.90 Å². The Balaban J connectivity index is 2.38. The van der Waals surface area contributed by atoms with Crippen LogP contribution in [-0.2, 0) is 10.0 Å². The Hall–Kier alpha value is -1.12. The Bertz CT molecular complexity index is 595. The summed E-state index contributed by atoms with van der Waals surface area (Å²) in [5, 5.41) is 5.92. The van der Waals surface area contributed by atoms with Crippen LogP contribution in [0.15, 0.2) is 33.6 Å². The Kier molecular flexibility index (Phi) is 3.36. The quantitative estimate of drug-likeness (QED) is 0.703. The number of amidine groups is 1. The van der Waals surface area contributed by atoms with Crippen molar-refractivity contribution in [2.24, 2.45) is 4.40 Å². The minimum atomic E-state index is -3.63. The molecule has 0 bridgehead atoms. The lowest BCUT2D eigenvalue weighted by Gasteiger charge is -2.17. The summed E-state index contributed by atoms with van der Waals surface area (Å²) in [6.07, 6.45) is 0. The van der Waals surface area contributed by atoms with Crippen LogP contribution in [0.1, 0.15) is 0 Å². The zero-order chi connectivity index (χ0) is 12.5. The van der Waals surface area contributed by atoms with E-state index in [-0.39, 0.29) is 10.1 Å². The number of fused-ring (bicyclic) bond motifs is 1. The van der Waals surface area contributed by atoms with Crippen LogP contribution < -0.4 is 10.6 Å². The van der Waals surface area contributed by atoms with Gasteiger partial charge in [-0.25, -0.2) is 0 Å². The second-order valence-corrected chi connectivity index (χ2v) is 6.37. The largest absolute Gasteiger partial charge is 0.374 e. The number of hydrogen-bond acceptors (Lipinski definition) is 5. The van der Waals surface area contributed by atoms with Crippen molar-refractivity contribution in [3.05, 3.63) is 24.3 Å². The average Bonchev–Trinajstić information content (AvgIpc) is 2.28. The number of benzene rings is 1. The molecule has 0 spiro atoms. The molecule has 1 heterocycles. The molecule has 8 heteroatoms. The molecule has 0 radical (unpaired) electrons. The van der Waals surface area contributed by atoms with Gasteiger partial charge in [0.15, 0.2) is 5.17 Å². The zero-order valence-electron chi connectivity index (χ0n) is 8.80. The lowest BCUT2D eigenvalue weighted by Crippen LogP contribution is -2.22. The van der Waals surface area contributed by atoms with E-state index in [1.165, 1.54) is 6.07 Å². The van der Waals surface area contributed by atoms with Gasteiger partial charge in [0.05, 0.1) is 5.69 Å². The number of para-hydroxylation sites is 1. The third-order valence-corrected chi connectivity index (χ3v) is 4.68. The fourth-order valence-corrected chi connectivity index (χ4v) is 3.40. The molecule has 0 aliphatic carbocycles. The Morgan fingerprint density at radius 2 is 2.18 bits per heavy atom. The first-order chi connectivity index (χ1) is 8.03. The monoisotopic (exact) mass is 287 g/mol. The molecule has 2 rings (SSSR count). The van der Waals surface area contributed by atoms with Crippen LogP contribution in [0, 0.1) is 0 Å². The number of anilines is 1. The maximum atomic E-state index is 11.8. The molecule has 0 aromatic heterocycles. The summed E-state index contributed by atoms with van der Waals surface area (Å²) in [7, 11) is -1.96. The second-order valence-electron chi connectivity index (χ2n) is 3.13. The summed E-state index contributed by atoms with van der Waals surface area (Å²) in [5.74, 6) is 0. The van der Waals surface area contributed by atoms with Crippen LogP contribution in [0.2, 0.25) is 0 Å². The average molecular weight is 287 g/mol. The van der Waals surface area contributed by atoms with E-state index in [0.717, 1.165) is 11.8 Å². The van der Waals surface area contributed by atoms with Crippen LogP contribution in [0.25, 0.3) is 0 Å². The number of thioether (sulfide) groups is 1. The van der Waals surface area contributed by atoms with Crippen LogP contribution in [0.5, 0.6) is 0 Å². The minimum Gasteiger partial charge on any atom is -0.374 e. The maximum absolute atomic E-state index is 11.8. The maximum Gasteiger partial charge on any atom is 0.286 e. The van der Waals surface area contributed by atoms with Crippen molar-refractivity contribution in [1.29, 1.82) is 0 Å². The summed E-state index contributed by atoms with van der Waals surface area (Å²) in [4.78, 5) is 0.180. The van der Waals surface area contributed by atoms with E-state index in [0.29, 0.717) is 10.0 Å². The fourth-order valence-electron chi connectivity index (χ4n) is 1.27. The molecule has 0 atom stereocenters. The molecule has 0 saturated carbocycles. The van der Waals surface area contributed by atoms with E-state index in [2.05, 4.69) is 15.0 Å². The molecule has 2 N–H and O–H groups in total. The lowest BCUT2D eigenvalue weighted by molar-refractivity contribution is 0.598. The number of thiocarbonyl (C=S) groups is 1. The summed E-state index contributed by atoms with van der Waals surface area (Å²) in [6, 6.07) is 6.61. The van der Waals surface area contributed by atoms with Gasteiger partial charge in [-0.1, -0.05) is 24.4 Å². The third-order valence-electron chi connectivity index (χ3n) is 2.00. The molecule has 1 aromatic rings. The van der Waals surface area contributed by atoms with Gasteiger partial charge in [-0.2, -0.15) is 8.42 Å². The molecule has 5 nitrogen and oxygen atoms in total. The molecule has 1 aromatic carbocycles. The molecule has 0 saturated heterocycles. The number of hydrogen-bond donors (Lipinski definition) is 2. The highest BCUT2D eigenvalue weighted by atomic mass is 32.2. The van der Waals surface area contributed by atoms with Crippen molar-refractivity contribution in [3.63, 3.8) is 0 Å².